The number of hydrogen-bond donors (Lipinski definition) is 1. The zero-order valence-electron chi connectivity index (χ0n) is 20.6. The van der Waals surface area contributed by atoms with E-state index in [-0.39, 0.29) is 18.9 Å². The third-order valence-corrected chi connectivity index (χ3v) is 7.51. The molecule has 0 spiro atoms. The molecule has 37 heavy (non-hydrogen) atoms. The standard InChI is InChI=1S/C27H29BrClN3O4S/c1-3-30-27(34)25(16-20-9-5-4-6-10-20)31(18-21-11-7-13-23(29)15-21)26(33)19-32(37(2,35)36)24-14-8-12-22(28)17-24/h4-15,17,25H,3,16,18-19H2,1-2H3,(H,30,34)/t25-/m1/s1. The molecule has 0 saturated carbocycles. The first-order valence-electron chi connectivity index (χ1n) is 11.7. The van der Waals surface area contributed by atoms with Gasteiger partial charge in [0.05, 0.1) is 11.9 Å². The Kier molecular flexibility index (Phi) is 10.1. The molecule has 3 aromatic rings. The Bertz CT molecular complexity index is 1340. The predicted molar refractivity (Wildman–Crippen MR) is 151 cm³/mol. The molecule has 0 fully saturated rings. The summed E-state index contributed by atoms with van der Waals surface area (Å²) in [6.07, 6.45) is 1.31. The number of halogens is 2. The fourth-order valence-corrected chi connectivity index (χ4v) is 5.36. The first-order valence-corrected chi connectivity index (χ1v) is 14.7. The van der Waals surface area contributed by atoms with Crippen molar-refractivity contribution >= 4 is 55.1 Å². The van der Waals surface area contributed by atoms with Gasteiger partial charge in [0.15, 0.2) is 0 Å². The van der Waals surface area contributed by atoms with Crippen LogP contribution in [0.5, 0.6) is 0 Å². The Hall–Kier alpha value is -2.88. The van der Waals surface area contributed by atoms with Crippen LogP contribution in [-0.2, 0) is 32.6 Å². The first kappa shape index (κ1) is 28.7. The van der Waals surface area contributed by atoms with E-state index in [1.54, 1.807) is 49.4 Å². The van der Waals surface area contributed by atoms with Crippen LogP contribution in [-0.4, -0.2) is 50.5 Å². The van der Waals surface area contributed by atoms with E-state index in [0.717, 1.165) is 21.7 Å². The summed E-state index contributed by atoms with van der Waals surface area (Å²) in [6.45, 7) is 1.79. The van der Waals surface area contributed by atoms with Crippen LogP contribution in [0.25, 0.3) is 0 Å². The summed E-state index contributed by atoms with van der Waals surface area (Å²) in [7, 11) is -3.81. The van der Waals surface area contributed by atoms with Gasteiger partial charge in [0.1, 0.15) is 12.6 Å². The van der Waals surface area contributed by atoms with Crippen LogP contribution in [0.2, 0.25) is 5.02 Å². The van der Waals surface area contributed by atoms with Crippen molar-refractivity contribution in [3.05, 3.63) is 99.5 Å². The Labute approximate surface area is 231 Å². The van der Waals surface area contributed by atoms with Gasteiger partial charge in [-0.25, -0.2) is 8.42 Å². The van der Waals surface area contributed by atoms with Crippen LogP contribution in [0.15, 0.2) is 83.3 Å². The molecule has 0 radical (unpaired) electrons. The Balaban J connectivity index is 2.04. The maximum atomic E-state index is 13.9. The molecule has 0 unspecified atom stereocenters. The van der Waals surface area contributed by atoms with Crippen LogP contribution < -0.4 is 9.62 Å². The lowest BCUT2D eigenvalue weighted by Gasteiger charge is -2.33. The molecule has 10 heteroatoms. The maximum absolute atomic E-state index is 13.9. The third-order valence-electron chi connectivity index (χ3n) is 5.64. The van der Waals surface area contributed by atoms with Crippen LogP contribution in [0, 0.1) is 0 Å². The quantitative estimate of drug-likeness (QED) is 0.345. The largest absolute Gasteiger partial charge is 0.355 e. The van der Waals surface area contributed by atoms with Crippen LogP contribution in [0.3, 0.4) is 0 Å². The van der Waals surface area contributed by atoms with Crippen molar-refractivity contribution in [3.63, 3.8) is 0 Å². The van der Waals surface area contributed by atoms with E-state index in [9.17, 15) is 18.0 Å². The average molecular weight is 607 g/mol. The van der Waals surface area contributed by atoms with E-state index < -0.39 is 28.5 Å². The summed E-state index contributed by atoms with van der Waals surface area (Å²) in [5.74, 6) is -0.840. The molecular weight excluding hydrogens is 578 g/mol. The molecular formula is C27H29BrClN3O4S. The van der Waals surface area contributed by atoms with Gasteiger partial charge in [-0.15, -0.1) is 0 Å². The van der Waals surface area contributed by atoms with Crippen molar-refractivity contribution in [1.82, 2.24) is 10.2 Å². The van der Waals surface area contributed by atoms with E-state index >= 15 is 0 Å². The van der Waals surface area contributed by atoms with Gasteiger partial charge < -0.3 is 10.2 Å². The molecule has 0 aliphatic rings. The summed E-state index contributed by atoms with van der Waals surface area (Å²) in [4.78, 5) is 28.6. The highest BCUT2D eigenvalue weighted by Crippen LogP contribution is 2.24. The highest BCUT2D eigenvalue weighted by molar-refractivity contribution is 9.10. The van der Waals surface area contributed by atoms with E-state index in [0.29, 0.717) is 21.7 Å². The molecule has 0 aliphatic carbocycles. The molecule has 3 aromatic carbocycles. The Morgan fingerprint density at radius 1 is 0.973 bits per heavy atom. The summed E-state index contributed by atoms with van der Waals surface area (Å²) >= 11 is 9.55. The van der Waals surface area contributed by atoms with Gasteiger partial charge in [-0.05, 0) is 48.4 Å². The molecule has 1 N–H and O–H groups in total. The number of likely N-dealkylation sites (N-methyl/N-ethyl adjacent to an activating group) is 1. The molecule has 0 bridgehead atoms. The second-order valence-corrected chi connectivity index (χ2v) is 11.8. The highest BCUT2D eigenvalue weighted by Gasteiger charge is 2.32. The summed E-state index contributed by atoms with van der Waals surface area (Å²) in [5.41, 5.74) is 1.93. The molecule has 0 saturated heterocycles. The normalized spacial score (nSPS) is 12.0. The van der Waals surface area contributed by atoms with E-state index in [1.807, 2.05) is 36.4 Å². The number of carbonyl (C=O) groups excluding carboxylic acids is 2. The van der Waals surface area contributed by atoms with Gasteiger partial charge in [-0.3, -0.25) is 13.9 Å². The molecule has 0 heterocycles. The van der Waals surface area contributed by atoms with Gasteiger partial charge in [-0.2, -0.15) is 0 Å². The number of amides is 2. The third kappa shape index (κ3) is 8.31. The number of nitrogens with zero attached hydrogens (tertiary/aromatic N) is 2. The second-order valence-electron chi connectivity index (χ2n) is 8.50. The zero-order chi connectivity index (χ0) is 27.0. The number of sulfonamides is 1. The first-order chi connectivity index (χ1) is 17.6. The van der Waals surface area contributed by atoms with E-state index in [1.165, 1.54) is 4.90 Å². The van der Waals surface area contributed by atoms with Gasteiger partial charge >= 0.3 is 0 Å². The van der Waals surface area contributed by atoms with Gasteiger partial charge in [-0.1, -0.05) is 76.1 Å². The van der Waals surface area contributed by atoms with Crippen molar-refractivity contribution in [2.24, 2.45) is 0 Å². The average Bonchev–Trinajstić information content (AvgIpc) is 2.84. The number of carbonyl (C=O) groups is 2. The lowest BCUT2D eigenvalue weighted by Crippen LogP contribution is -2.53. The van der Waals surface area contributed by atoms with Crippen molar-refractivity contribution in [3.8, 4) is 0 Å². The summed E-state index contributed by atoms with van der Waals surface area (Å²) in [5, 5.41) is 3.32. The number of nitrogens with one attached hydrogen (secondary N) is 1. The molecule has 0 aliphatic heterocycles. The van der Waals surface area contributed by atoms with Gasteiger partial charge in [0.2, 0.25) is 21.8 Å². The fraction of sp³-hybridized carbons (Fsp3) is 0.259. The summed E-state index contributed by atoms with van der Waals surface area (Å²) in [6, 6.07) is 22.2. The SMILES string of the molecule is CCNC(=O)[C@@H](Cc1ccccc1)N(Cc1cccc(Cl)c1)C(=O)CN(c1cccc(Br)c1)S(C)(=O)=O. The van der Waals surface area contributed by atoms with Gasteiger partial charge in [0, 0.05) is 29.0 Å². The topological polar surface area (TPSA) is 86.8 Å². The fourth-order valence-electron chi connectivity index (χ4n) is 3.92. The maximum Gasteiger partial charge on any atom is 0.244 e. The molecule has 0 aromatic heterocycles. The molecule has 1 atom stereocenters. The van der Waals surface area contributed by atoms with Crippen molar-refractivity contribution in [2.45, 2.75) is 25.9 Å². The van der Waals surface area contributed by atoms with E-state index in [4.69, 9.17) is 11.6 Å². The predicted octanol–water partition coefficient (Wildman–Crippen LogP) is 4.64. The number of anilines is 1. The molecule has 3 rings (SSSR count). The Morgan fingerprint density at radius 3 is 2.27 bits per heavy atom. The number of hydrogen-bond acceptors (Lipinski definition) is 4. The molecule has 196 valence electrons. The summed E-state index contributed by atoms with van der Waals surface area (Å²) < 4.78 is 27.2. The highest BCUT2D eigenvalue weighted by atomic mass is 79.9. The second kappa shape index (κ2) is 13.1. The van der Waals surface area contributed by atoms with Crippen molar-refractivity contribution < 1.29 is 18.0 Å². The lowest BCUT2D eigenvalue weighted by molar-refractivity contribution is -0.140. The minimum Gasteiger partial charge on any atom is -0.355 e. The molecule has 2 amide bonds. The smallest absolute Gasteiger partial charge is 0.244 e. The Morgan fingerprint density at radius 2 is 1.65 bits per heavy atom. The van der Waals surface area contributed by atoms with Gasteiger partial charge in [0.25, 0.3) is 0 Å². The zero-order valence-corrected chi connectivity index (χ0v) is 23.8. The van der Waals surface area contributed by atoms with Crippen LogP contribution in [0.4, 0.5) is 5.69 Å². The monoisotopic (exact) mass is 605 g/mol. The minimum absolute atomic E-state index is 0.0735. The molecule has 7 nitrogen and oxygen atoms in total. The number of rotatable bonds is 11. The van der Waals surface area contributed by atoms with Crippen LogP contribution in [0.1, 0.15) is 18.1 Å². The minimum atomic E-state index is -3.81. The van der Waals surface area contributed by atoms with Crippen molar-refractivity contribution in [1.29, 1.82) is 0 Å². The van der Waals surface area contributed by atoms with Crippen LogP contribution >= 0.6 is 27.5 Å². The van der Waals surface area contributed by atoms with Crippen molar-refractivity contribution in [2.75, 3.05) is 23.7 Å². The lowest BCUT2D eigenvalue weighted by atomic mass is 10.0. The van der Waals surface area contributed by atoms with E-state index in [2.05, 4.69) is 21.2 Å². The number of benzene rings is 3.